The van der Waals surface area contributed by atoms with Crippen molar-refractivity contribution in [1.29, 1.82) is 0 Å². The van der Waals surface area contributed by atoms with Gasteiger partial charge >= 0.3 is 0 Å². The van der Waals surface area contributed by atoms with Gasteiger partial charge in [-0.15, -0.1) is 0 Å². The zero-order chi connectivity index (χ0) is 31.4. The molecule has 4 aromatic carbocycles. The van der Waals surface area contributed by atoms with E-state index in [1.54, 1.807) is 0 Å². The van der Waals surface area contributed by atoms with Gasteiger partial charge in [-0.1, -0.05) is 60.7 Å². The third-order valence-corrected chi connectivity index (χ3v) is 9.16. The number of rotatable bonds is 15. The number of hydrogen-bond donors (Lipinski definition) is 1. The first-order chi connectivity index (χ1) is 22.7. The van der Waals surface area contributed by atoms with Crippen LogP contribution in [0.25, 0.3) is 10.8 Å². The lowest BCUT2D eigenvalue weighted by molar-refractivity contribution is 0.0106. The lowest BCUT2D eigenvalue weighted by atomic mass is 9.87. The monoisotopic (exact) mass is 623 g/mol. The largest absolute Gasteiger partial charge is 0.494 e. The number of likely N-dealkylation sites (N-methyl/N-ethyl adjacent to an activating group) is 1. The minimum Gasteiger partial charge on any atom is -0.494 e. The van der Waals surface area contributed by atoms with E-state index in [1.807, 2.05) is 18.2 Å². The fraction of sp³-hybridized carbons (Fsp3) is 0.436. The van der Waals surface area contributed by atoms with Crippen LogP contribution in [0, 0.1) is 0 Å². The smallest absolute Gasteiger partial charge is 0.120 e. The first-order valence-electron chi connectivity index (χ1n) is 16.9. The Hall–Kier alpha value is -3.46. The highest BCUT2D eigenvalue weighted by Crippen LogP contribution is 2.30. The van der Waals surface area contributed by atoms with Crippen LogP contribution in [0.3, 0.4) is 0 Å². The summed E-state index contributed by atoms with van der Waals surface area (Å²) in [6.45, 7) is 10.6. The number of benzene rings is 4. The molecule has 0 amide bonds. The van der Waals surface area contributed by atoms with Gasteiger partial charge < -0.3 is 29.2 Å². The summed E-state index contributed by atoms with van der Waals surface area (Å²) in [4.78, 5) is 4.87. The molecule has 0 saturated carbocycles. The molecular weight excluding hydrogens is 574 g/mol. The molecule has 6 rings (SSSR count). The van der Waals surface area contributed by atoms with Crippen LogP contribution in [0.15, 0.2) is 91.0 Å². The van der Waals surface area contributed by atoms with Crippen molar-refractivity contribution in [2.75, 3.05) is 72.7 Å². The van der Waals surface area contributed by atoms with Crippen LogP contribution in [-0.4, -0.2) is 88.6 Å². The molecule has 4 aromatic rings. The molecule has 1 N–H and O–H groups in total. The number of ether oxygens (including phenoxy) is 4. The minimum absolute atomic E-state index is 0.113. The Balaban J connectivity index is 0.959. The molecule has 2 saturated heterocycles. The minimum atomic E-state index is 0.113. The molecule has 0 radical (unpaired) electrons. The molecule has 7 heteroatoms. The first-order valence-corrected chi connectivity index (χ1v) is 16.9. The van der Waals surface area contributed by atoms with Crippen molar-refractivity contribution in [3.05, 3.63) is 108 Å². The van der Waals surface area contributed by atoms with Crippen molar-refractivity contribution in [2.45, 2.75) is 38.1 Å². The van der Waals surface area contributed by atoms with E-state index in [0.717, 1.165) is 70.2 Å². The van der Waals surface area contributed by atoms with Crippen molar-refractivity contribution in [2.24, 2.45) is 0 Å². The van der Waals surface area contributed by atoms with Gasteiger partial charge in [0.05, 0.1) is 32.5 Å². The van der Waals surface area contributed by atoms with Crippen molar-refractivity contribution in [3.8, 4) is 11.5 Å². The predicted octanol–water partition coefficient (Wildman–Crippen LogP) is 6.11. The van der Waals surface area contributed by atoms with E-state index in [0.29, 0.717) is 39.0 Å². The van der Waals surface area contributed by atoms with Crippen molar-refractivity contribution < 1.29 is 18.9 Å². The number of piperidine rings is 1. The van der Waals surface area contributed by atoms with Crippen molar-refractivity contribution >= 4 is 10.8 Å². The number of piperazine rings is 1. The van der Waals surface area contributed by atoms with Gasteiger partial charge in [0.15, 0.2) is 0 Å². The van der Waals surface area contributed by atoms with E-state index >= 15 is 0 Å². The molecule has 0 aliphatic carbocycles. The van der Waals surface area contributed by atoms with Crippen LogP contribution in [0.2, 0.25) is 0 Å². The molecule has 0 unspecified atom stereocenters. The van der Waals surface area contributed by atoms with Crippen LogP contribution >= 0.6 is 0 Å². The normalized spacial score (nSPS) is 19.3. The Morgan fingerprint density at radius 1 is 0.717 bits per heavy atom. The van der Waals surface area contributed by atoms with Gasteiger partial charge in [0.1, 0.15) is 18.1 Å². The van der Waals surface area contributed by atoms with E-state index in [-0.39, 0.29) is 6.10 Å². The molecular formula is C39H49N3O4. The highest BCUT2D eigenvalue weighted by atomic mass is 16.5. The zero-order valence-corrected chi connectivity index (χ0v) is 27.2. The molecule has 0 bridgehead atoms. The molecule has 0 spiro atoms. The molecule has 2 heterocycles. The van der Waals surface area contributed by atoms with Gasteiger partial charge in [0.2, 0.25) is 0 Å². The highest BCUT2D eigenvalue weighted by Gasteiger charge is 2.27. The second kappa shape index (κ2) is 16.9. The summed E-state index contributed by atoms with van der Waals surface area (Å²) in [5.74, 6) is 2.18. The molecule has 244 valence electrons. The summed E-state index contributed by atoms with van der Waals surface area (Å²) in [6, 6.07) is 31.9. The van der Waals surface area contributed by atoms with Crippen molar-refractivity contribution in [1.82, 2.24) is 15.1 Å². The number of fused-ring (bicyclic) bond motifs is 1. The third kappa shape index (κ3) is 9.53. The summed E-state index contributed by atoms with van der Waals surface area (Å²) >= 11 is 0. The van der Waals surface area contributed by atoms with E-state index in [1.165, 1.54) is 27.5 Å². The quantitative estimate of drug-likeness (QED) is 0.160. The Bertz CT molecular complexity index is 1470. The van der Waals surface area contributed by atoms with Crippen molar-refractivity contribution in [3.63, 3.8) is 0 Å². The lowest BCUT2D eigenvalue weighted by Crippen LogP contribution is -2.45. The molecule has 46 heavy (non-hydrogen) atoms. The molecule has 2 aliphatic heterocycles. The Kier molecular flexibility index (Phi) is 11.9. The van der Waals surface area contributed by atoms with E-state index in [9.17, 15) is 0 Å². The van der Waals surface area contributed by atoms with Gasteiger partial charge in [0.25, 0.3) is 0 Å². The highest BCUT2D eigenvalue weighted by molar-refractivity contribution is 5.84. The topological polar surface area (TPSA) is 55.4 Å². The average Bonchev–Trinajstić information content (AvgIpc) is 3.10. The summed E-state index contributed by atoms with van der Waals surface area (Å²) in [5, 5.41) is 5.94. The lowest BCUT2D eigenvalue weighted by Gasteiger charge is -2.32. The van der Waals surface area contributed by atoms with Gasteiger partial charge in [-0.2, -0.15) is 0 Å². The Morgan fingerprint density at radius 2 is 1.50 bits per heavy atom. The van der Waals surface area contributed by atoms with Crippen LogP contribution in [0.5, 0.6) is 11.5 Å². The van der Waals surface area contributed by atoms with E-state index in [4.69, 9.17) is 18.9 Å². The Labute approximate surface area is 274 Å². The fourth-order valence-corrected chi connectivity index (χ4v) is 6.33. The van der Waals surface area contributed by atoms with Gasteiger partial charge in [-0.05, 0) is 77.8 Å². The molecule has 7 nitrogen and oxygen atoms in total. The van der Waals surface area contributed by atoms with Crippen LogP contribution in [0.4, 0.5) is 0 Å². The maximum atomic E-state index is 6.57. The second-order valence-electron chi connectivity index (χ2n) is 12.6. The van der Waals surface area contributed by atoms with Crippen LogP contribution < -0.4 is 14.8 Å². The molecule has 2 fully saturated rings. The number of nitrogens with one attached hydrogen (secondary N) is 1. The summed E-state index contributed by atoms with van der Waals surface area (Å²) in [6.07, 6.45) is 2.02. The zero-order valence-electron chi connectivity index (χ0n) is 27.2. The number of hydrogen-bond acceptors (Lipinski definition) is 7. The summed E-state index contributed by atoms with van der Waals surface area (Å²) in [7, 11) is 2.19. The molecule has 2 aliphatic rings. The third-order valence-electron chi connectivity index (χ3n) is 9.16. The fourth-order valence-electron chi connectivity index (χ4n) is 6.33. The summed E-state index contributed by atoms with van der Waals surface area (Å²) < 4.78 is 24.5. The molecule has 0 aromatic heterocycles. The Morgan fingerprint density at radius 3 is 2.35 bits per heavy atom. The number of nitrogens with zero attached hydrogens (tertiary/aromatic N) is 2. The average molecular weight is 624 g/mol. The SMILES string of the molecule is CN1CCN(CCOc2ccc3ccc(CO[C@H]4CNCC[C@H]4c4ccc(OCCCOCc5ccccc5)cc4)cc3c2)CC1. The van der Waals surface area contributed by atoms with Crippen LogP contribution in [-0.2, 0) is 22.7 Å². The summed E-state index contributed by atoms with van der Waals surface area (Å²) in [5.41, 5.74) is 3.69. The van der Waals surface area contributed by atoms with Gasteiger partial charge in [-0.25, -0.2) is 0 Å². The van der Waals surface area contributed by atoms with E-state index < -0.39 is 0 Å². The van der Waals surface area contributed by atoms with E-state index in [2.05, 4.69) is 95.0 Å². The maximum Gasteiger partial charge on any atom is 0.120 e. The maximum absolute atomic E-state index is 6.57. The predicted molar refractivity (Wildman–Crippen MR) is 185 cm³/mol. The van der Waals surface area contributed by atoms with Crippen LogP contribution in [0.1, 0.15) is 35.4 Å². The first kappa shape index (κ1) is 32.5. The van der Waals surface area contributed by atoms with Gasteiger partial charge in [-0.3, -0.25) is 4.90 Å². The van der Waals surface area contributed by atoms with Gasteiger partial charge in [0, 0.05) is 51.6 Å². The standard InChI is InChI=1S/C39H49N3O4/c1-41-18-20-42(21-19-41)22-25-45-37-15-10-33-9-8-32(26-35(33)27-37)30-46-39-28-40-17-16-38(39)34-11-13-36(14-12-34)44-24-5-23-43-29-31-6-3-2-4-7-31/h2-4,6-15,26-27,38-40H,5,16-25,28-30H2,1H3/t38-,39-/m0/s1. The molecule has 2 atom stereocenters. The second-order valence-corrected chi connectivity index (χ2v) is 12.6.